The number of thioether (sulfide) groups is 1. The fourth-order valence-corrected chi connectivity index (χ4v) is 3.67. The molecule has 0 saturated carbocycles. The van der Waals surface area contributed by atoms with Crippen molar-refractivity contribution >= 4 is 40.9 Å². The molecule has 0 spiro atoms. The molecule has 9 heteroatoms. The summed E-state index contributed by atoms with van der Waals surface area (Å²) in [5.41, 5.74) is 1.58. The SMILES string of the molecule is O=C(NCCCOc1ccc(Cl)cc1Cl)c1ccccc1CSc1ncn[nH]1. The van der Waals surface area contributed by atoms with Crippen LogP contribution in [-0.2, 0) is 5.75 Å². The quantitative estimate of drug-likeness (QED) is 0.378. The second-order valence-electron chi connectivity index (χ2n) is 5.77. The van der Waals surface area contributed by atoms with E-state index in [1.54, 1.807) is 18.2 Å². The second kappa shape index (κ2) is 10.4. The van der Waals surface area contributed by atoms with Crippen molar-refractivity contribution in [2.45, 2.75) is 17.3 Å². The van der Waals surface area contributed by atoms with E-state index in [1.165, 1.54) is 18.1 Å². The molecule has 3 aromatic rings. The zero-order chi connectivity index (χ0) is 19.8. The molecule has 28 heavy (non-hydrogen) atoms. The predicted molar refractivity (Wildman–Crippen MR) is 111 cm³/mol. The van der Waals surface area contributed by atoms with Gasteiger partial charge < -0.3 is 10.1 Å². The van der Waals surface area contributed by atoms with Gasteiger partial charge in [-0.05, 0) is 36.2 Å². The Morgan fingerprint density at radius 2 is 2.07 bits per heavy atom. The molecule has 0 saturated heterocycles. The normalized spacial score (nSPS) is 10.6. The summed E-state index contributed by atoms with van der Waals surface area (Å²) in [7, 11) is 0. The Morgan fingerprint density at radius 3 is 2.86 bits per heavy atom. The molecule has 0 radical (unpaired) electrons. The Balaban J connectivity index is 1.45. The number of nitrogens with one attached hydrogen (secondary N) is 2. The first-order valence-electron chi connectivity index (χ1n) is 8.55. The maximum Gasteiger partial charge on any atom is 0.251 e. The molecular weight excluding hydrogens is 419 g/mol. The smallest absolute Gasteiger partial charge is 0.251 e. The monoisotopic (exact) mass is 436 g/mol. The molecule has 6 nitrogen and oxygen atoms in total. The molecule has 0 bridgehead atoms. The summed E-state index contributed by atoms with van der Waals surface area (Å²) in [5.74, 6) is 1.09. The van der Waals surface area contributed by atoms with Crippen LogP contribution >= 0.6 is 35.0 Å². The minimum atomic E-state index is -0.113. The van der Waals surface area contributed by atoms with Crippen LogP contribution in [0.15, 0.2) is 53.9 Å². The Hall–Kier alpha value is -2.22. The first kappa shape index (κ1) is 20.5. The van der Waals surface area contributed by atoms with E-state index in [4.69, 9.17) is 27.9 Å². The van der Waals surface area contributed by atoms with Crippen LogP contribution in [0, 0.1) is 0 Å². The number of halogens is 2. The number of nitrogens with zero attached hydrogens (tertiary/aromatic N) is 2. The van der Waals surface area contributed by atoms with Crippen LogP contribution in [0.1, 0.15) is 22.3 Å². The van der Waals surface area contributed by atoms with E-state index in [0.717, 1.165) is 5.56 Å². The van der Waals surface area contributed by atoms with E-state index in [0.29, 0.717) is 51.8 Å². The molecule has 0 unspecified atom stereocenters. The number of hydrogen-bond donors (Lipinski definition) is 2. The van der Waals surface area contributed by atoms with E-state index in [-0.39, 0.29) is 5.91 Å². The molecule has 2 aromatic carbocycles. The molecule has 2 N–H and O–H groups in total. The number of carbonyl (C=O) groups is 1. The number of H-pyrrole nitrogens is 1. The van der Waals surface area contributed by atoms with Gasteiger partial charge in [0.2, 0.25) is 0 Å². The minimum absolute atomic E-state index is 0.113. The largest absolute Gasteiger partial charge is 0.492 e. The number of rotatable bonds is 9. The third kappa shape index (κ3) is 5.89. The van der Waals surface area contributed by atoms with Crippen molar-refractivity contribution in [3.8, 4) is 5.75 Å². The Labute approximate surface area is 177 Å². The van der Waals surface area contributed by atoms with Gasteiger partial charge in [-0.15, -0.1) is 0 Å². The topological polar surface area (TPSA) is 79.9 Å². The third-order valence-electron chi connectivity index (χ3n) is 3.78. The standard InChI is InChI=1S/C19H18Cl2N4O2S/c20-14-6-7-17(16(21)10-14)27-9-3-8-22-18(26)15-5-2-1-4-13(15)11-28-19-23-12-24-25-19/h1-2,4-7,10,12H,3,8-9,11H2,(H,22,26)(H,23,24,25). The molecule has 3 rings (SSSR count). The molecule has 1 amide bonds. The Morgan fingerprint density at radius 1 is 1.21 bits per heavy atom. The highest BCUT2D eigenvalue weighted by Crippen LogP contribution is 2.27. The Kier molecular flexibility index (Phi) is 7.59. The lowest BCUT2D eigenvalue weighted by molar-refractivity contribution is 0.0951. The zero-order valence-corrected chi connectivity index (χ0v) is 17.2. The van der Waals surface area contributed by atoms with E-state index >= 15 is 0 Å². The highest BCUT2D eigenvalue weighted by atomic mass is 35.5. The van der Waals surface area contributed by atoms with Gasteiger partial charge in [-0.2, -0.15) is 5.10 Å². The Bertz CT molecular complexity index is 922. The van der Waals surface area contributed by atoms with Crippen LogP contribution in [0.2, 0.25) is 10.0 Å². The number of aromatic nitrogens is 3. The molecule has 0 aliphatic rings. The van der Waals surface area contributed by atoms with Gasteiger partial charge in [0.05, 0.1) is 11.6 Å². The highest BCUT2D eigenvalue weighted by molar-refractivity contribution is 7.98. The van der Waals surface area contributed by atoms with E-state index in [1.807, 2.05) is 24.3 Å². The number of amides is 1. The van der Waals surface area contributed by atoms with E-state index in [2.05, 4.69) is 20.5 Å². The lowest BCUT2D eigenvalue weighted by atomic mass is 10.1. The van der Waals surface area contributed by atoms with Crippen molar-refractivity contribution in [1.82, 2.24) is 20.5 Å². The summed E-state index contributed by atoms with van der Waals surface area (Å²) in [6.07, 6.45) is 2.11. The lowest BCUT2D eigenvalue weighted by Crippen LogP contribution is -2.26. The summed E-state index contributed by atoms with van der Waals surface area (Å²) in [5, 5.41) is 11.3. The summed E-state index contributed by atoms with van der Waals surface area (Å²) in [4.78, 5) is 16.6. The number of hydrogen-bond acceptors (Lipinski definition) is 5. The fraction of sp³-hybridized carbons (Fsp3) is 0.211. The van der Waals surface area contributed by atoms with Gasteiger partial charge in [0, 0.05) is 22.9 Å². The van der Waals surface area contributed by atoms with Crippen LogP contribution in [0.4, 0.5) is 0 Å². The zero-order valence-electron chi connectivity index (χ0n) is 14.8. The molecule has 146 valence electrons. The van der Waals surface area contributed by atoms with Crippen molar-refractivity contribution in [1.29, 1.82) is 0 Å². The van der Waals surface area contributed by atoms with Gasteiger partial charge >= 0.3 is 0 Å². The van der Waals surface area contributed by atoms with Gasteiger partial charge in [0.1, 0.15) is 12.1 Å². The van der Waals surface area contributed by atoms with Gasteiger partial charge in [0.25, 0.3) is 5.91 Å². The molecule has 0 fully saturated rings. The van der Waals surface area contributed by atoms with E-state index < -0.39 is 0 Å². The molecule has 0 aliphatic heterocycles. The third-order valence-corrected chi connectivity index (χ3v) is 5.23. The summed E-state index contributed by atoms with van der Waals surface area (Å²) < 4.78 is 5.62. The molecule has 1 aromatic heterocycles. The van der Waals surface area contributed by atoms with Crippen LogP contribution in [0.3, 0.4) is 0 Å². The van der Waals surface area contributed by atoms with Crippen molar-refractivity contribution < 1.29 is 9.53 Å². The number of benzene rings is 2. The summed E-state index contributed by atoms with van der Waals surface area (Å²) >= 11 is 13.4. The number of aromatic amines is 1. The maximum atomic E-state index is 12.5. The maximum absolute atomic E-state index is 12.5. The van der Waals surface area contributed by atoms with Crippen LogP contribution < -0.4 is 10.1 Å². The summed E-state index contributed by atoms with van der Waals surface area (Å²) in [6, 6.07) is 12.6. The summed E-state index contributed by atoms with van der Waals surface area (Å²) in [6.45, 7) is 0.929. The van der Waals surface area contributed by atoms with Crippen molar-refractivity contribution in [2.24, 2.45) is 0 Å². The van der Waals surface area contributed by atoms with Crippen molar-refractivity contribution in [2.75, 3.05) is 13.2 Å². The molecule has 0 aliphatic carbocycles. The van der Waals surface area contributed by atoms with Gasteiger partial charge in [-0.3, -0.25) is 9.89 Å². The van der Waals surface area contributed by atoms with Gasteiger partial charge in [-0.1, -0.05) is 53.2 Å². The second-order valence-corrected chi connectivity index (χ2v) is 7.58. The van der Waals surface area contributed by atoms with Crippen LogP contribution in [0.25, 0.3) is 0 Å². The molecular formula is C19H18Cl2N4O2S. The minimum Gasteiger partial charge on any atom is -0.492 e. The predicted octanol–water partition coefficient (Wildman–Crippen LogP) is 4.60. The van der Waals surface area contributed by atoms with Crippen LogP contribution in [0.5, 0.6) is 5.75 Å². The first-order valence-corrected chi connectivity index (χ1v) is 10.3. The number of ether oxygens (including phenoxy) is 1. The highest BCUT2D eigenvalue weighted by Gasteiger charge is 2.11. The molecule has 1 heterocycles. The number of carbonyl (C=O) groups excluding carboxylic acids is 1. The van der Waals surface area contributed by atoms with Gasteiger partial charge in [0.15, 0.2) is 5.16 Å². The van der Waals surface area contributed by atoms with Crippen LogP contribution in [-0.4, -0.2) is 34.2 Å². The van der Waals surface area contributed by atoms with Crippen molar-refractivity contribution in [3.05, 3.63) is 70.0 Å². The fourth-order valence-electron chi connectivity index (χ4n) is 2.42. The average Bonchev–Trinajstić information content (AvgIpc) is 3.21. The van der Waals surface area contributed by atoms with Gasteiger partial charge in [-0.25, -0.2) is 4.98 Å². The average molecular weight is 437 g/mol. The lowest BCUT2D eigenvalue weighted by Gasteiger charge is -2.11. The first-order chi connectivity index (χ1) is 13.6. The van der Waals surface area contributed by atoms with E-state index in [9.17, 15) is 4.79 Å². The molecule has 0 atom stereocenters. The van der Waals surface area contributed by atoms with Crippen molar-refractivity contribution in [3.63, 3.8) is 0 Å².